The average molecular weight is 510 g/mol. The highest BCUT2D eigenvalue weighted by Gasteiger charge is 2.17. The molecule has 1 aromatic carbocycles. The number of fused-ring (bicyclic) bond motifs is 2. The fraction of sp³-hybridized carbons (Fsp3) is 0.370. The highest BCUT2D eigenvalue weighted by atomic mass is 32.2. The van der Waals surface area contributed by atoms with E-state index < -0.39 is 5.97 Å². The van der Waals surface area contributed by atoms with Crippen molar-refractivity contribution in [3.8, 4) is 11.3 Å². The number of pyridine rings is 2. The van der Waals surface area contributed by atoms with Gasteiger partial charge in [0.1, 0.15) is 5.69 Å². The van der Waals surface area contributed by atoms with Gasteiger partial charge in [-0.1, -0.05) is 32.4 Å². The van der Waals surface area contributed by atoms with Gasteiger partial charge < -0.3 is 15.3 Å². The summed E-state index contributed by atoms with van der Waals surface area (Å²) >= 11 is -0.114. The zero-order chi connectivity index (χ0) is 25.5. The molecule has 0 bridgehead atoms. The van der Waals surface area contributed by atoms with Crippen LogP contribution in [0.25, 0.3) is 33.1 Å². The maximum absolute atomic E-state index is 13.6. The molecule has 4 aromatic rings. The Morgan fingerprint density at radius 3 is 2.69 bits per heavy atom. The number of rotatable bonds is 8. The van der Waals surface area contributed by atoms with Crippen LogP contribution in [-0.2, 0) is 0 Å². The molecule has 2 N–H and O–H groups in total. The Balaban J connectivity index is 0.00000148. The first-order valence-electron chi connectivity index (χ1n) is 12.5. The van der Waals surface area contributed by atoms with Gasteiger partial charge in [0, 0.05) is 41.0 Å². The Kier molecular flexibility index (Phi) is 8.77. The molecule has 0 radical (unpaired) electrons. The third-order valence-corrected chi connectivity index (χ3v) is 6.90. The number of carboxylic acids is 1. The molecule has 0 spiro atoms. The van der Waals surface area contributed by atoms with Crippen LogP contribution >= 0.6 is 12.3 Å². The summed E-state index contributed by atoms with van der Waals surface area (Å²) in [6.45, 7) is 8.31. The predicted molar refractivity (Wildman–Crippen MR) is 146 cm³/mol. The first kappa shape index (κ1) is 25.9. The number of aromatic carboxylic acids is 1. The van der Waals surface area contributed by atoms with Crippen molar-refractivity contribution in [1.82, 2.24) is 18.8 Å². The molecule has 36 heavy (non-hydrogen) atoms. The molecule has 1 saturated heterocycles. The zero-order valence-electron chi connectivity index (χ0n) is 20.7. The predicted octanol–water partition coefficient (Wildman–Crippen LogP) is 6.64. The number of hydrogen-bond acceptors (Lipinski definition) is 6. The zero-order valence-corrected chi connectivity index (χ0v) is 21.5. The van der Waals surface area contributed by atoms with Crippen LogP contribution in [-0.4, -0.2) is 56.1 Å². The van der Waals surface area contributed by atoms with Gasteiger partial charge in [-0.15, -0.1) is 3.89 Å². The molecular weight excluding hydrogens is 477 g/mol. The minimum Gasteiger partial charge on any atom is -0.477 e. The largest absolute Gasteiger partial charge is 0.477 e. The molecule has 1 aliphatic rings. The van der Waals surface area contributed by atoms with Crippen LogP contribution in [0.2, 0.25) is 0 Å². The van der Waals surface area contributed by atoms with E-state index in [2.05, 4.69) is 15.2 Å². The van der Waals surface area contributed by atoms with Crippen molar-refractivity contribution in [3.63, 3.8) is 0 Å². The fourth-order valence-corrected chi connectivity index (χ4v) is 5.07. The molecule has 4 heterocycles. The smallest absolute Gasteiger partial charge is 0.353 e. The lowest BCUT2D eigenvalue weighted by molar-refractivity contribution is 0.0690. The van der Waals surface area contributed by atoms with Gasteiger partial charge in [-0.05, 0) is 63.2 Å². The molecule has 1 fully saturated rings. The van der Waals surface area contributed by atoms with E-state index in [1.54, 1.807) is 18.3 Å². The van der Waals surface area contributed by atoms with E-state index in [9.17, 15) is 13.8 Å². The second-order valence-corrected chi connectivity index (χ2v) is 9.11. The summed E-state index contributed by atoms with van der Waals surface area (Å²) < 4.78 is 14.7. The first-order chi connectivity index (χ1) is 17.6. The maximum Gasteiger partial charge on any atom is 0.353 e. The molecule has 0 aliphatic carbocycles. The Bertz CT molecular complexity index is 1340. The van der Waals surface area contributed by atoms with Crippen LogP contribution < -0.4 is 5.32 Å². The molecule has 9 heteroatoms. The van der Waals surface area contributed by atoms with Crippen molar-refractivity contribution in [3.05, 3.63) is 54.5 Å². The summed E-state index contributed by atoms with van der Waals surface area (Å²) in [4.78, 5) is 23.1. The third-order valence-electron chi connectivity index (χ3n) is 6.37. The van der Waals surface area contributed by atoms with Crippen molar-refractivity contribution < 1.29 is 13.8 Å². The average Bonchev–Trinajstić information content (AvgIpc) is 3.31. The second-order valence-electron chi connectivity index (χ2n) is 8.60. The highest BCUT2D eigenvalue weighted by Crippen LogP contribution is 2.32. The van der Waals surface area contributed by atoms with Gasteiger partial charge >= 0.3 is 5.97 Å². The Morgan fingerprint density at radius 1 is 1.14 bits per heavy atom. The quantitative estimate of drug-likeness (QED) is 0.257. The van der Waals surface area contributed by atoms with Crippen LogP contribution in [0.1, 0.15) is 50.0 Å². The first-order valence-corrected chi connectivity index (χ1v) is 13.2. The number of nitrogens with one attached hydrogen (secondary N) is 1. The Morgan fingerprint density at radius 2 is 1.94 bits per heavy atom. The van der Waals surface area contributed by atoms with Gasteiger partial charge in [0.15, 0.2) is 12.3 Å². The van der Waals surface area contributed by atoms with Crippen LogP contribution in [0, 0.1) is 0 Å². The molecule has 0 saturated carbocycles. The van der Waals surface area contributed by atoms with Gasteiger partial charge in [-0.25, -0.2) is 13.8 Å². The lowest BCUT2D eigenvalue weighted by Crippen LogP contribution is -2.31. The standard InChI is InChI=1S/C25H26FN5O2S.C2H6/c26-34-31-23-13-17(5-6-18(23)14-24(31)25(32)33)21-15-22(19-16-27-9-7-20(19)29-21)28-8-4-12-30-10-2-1-3-11-30;1-2/h5-7,9,13-16H,1-4,8,10-12H2,(H,28,29)(H,32,33);1-2H3. The number of aromatic nitrogens is 3. The van der Waals surface area contributed by atoms with E-state index in [0.29, 0.717) is 10.9 Å². The number of piperidine rings is 1. The molecule has 190 valence electrons. The van der Waals surface area contributed by atoms with E-state index in [4.69, 9.17) is 4.98 Å². The second kappa shape index (κ2) is 12.2. The van der Waals surface area contributed by atoms with Crippen molar-refractivity contribution in [2.75, 3.05) is 31.5 Å². The Labute approximate surface area is 215 Å². The number of carbonyl (C=O) groups is 1. The molecule has 0 atom stereocenters. The van der Waals surface area contributed by atoms with Gasteiger partial charge in [0.05, 0.1) is 16.7 Å². The molecule has 1 aliphatic heterocycles. The lowest BCUT2D eigenvalue weighted by Gasteiger charge is -2.26. The van der Waals surface area contributed by atoms with Crippen LogP contribution in [0.5, 0.6) is 0 Å². The van der Waals surface area contributed by atoms with E-state index in [0.717, 1.165) is 51.3 Å². The molecule has 0 unspecified atom stereocenters. The number of benzene rings is 1. The number of halogens is 1. The minimum absolute atomic E-state index is 0.103. The number of anilines is 1. The minimum atomic E-state index is -1.17. The number of nitrogens with zero attached hydrogens (tertiary/aromatic N) is 4. The molecule has 5 rings (SSSR count). The van der Waals surface area contributed by atoms with Gasteiger partial charge in [-0.3, -0.25) is 4.98 Å². The van der Waals surface area contributed by atoms with Gasteiger partial charge in [0.2, 0.25) is 0 Å². The van der Waals surface area contributed by atoms with Crippen molar-refractivity contribution in [1.29, 1.82) is 0 Å². The van der Waals surface area contributed by atoms with Gasteiger partial charge in [-0.2, -0.15) is 0 Å². The topological polar surface area (TPSA) is 83.3 Å². The number of carboxylic acid groups (broad SMARTS) is 1. The third kappa shape index (κ3) is 5.63. The van der Waals surface area contributed by atoms with Crippen LogP contribution in [0.15, 0.2) is 48.8 Å². The lowest BCUT2D eigenvalue weighted by atomic mass is 10.1. The SMILES string of the molecule is CC.O=C(O)c1cc2ccc(-c3cc(NCCCN4CCCCC4)c4cnccc4n3)cc2n1SF. The normalized spacial score (nSPS) is 14.0. The summed E-state index contributed by atoms with van der Waals surface area (Å²) in [6, 6.07) is 10.8. The van der Waals surface area contributed by atoms with E-state index in [1.807, 2.05) is 38.2 Å². The van der Waals surface area contributed by atoms with E-state index in [1.165, 1.54) is 38.4 Å². The Hall–Kier alpha value is -3.17. The monoisotopic (exact) mass is 509 g/mol. The van der Waals surface area contributed by atoms with E-state index >= 15 is 0 Å². The maximum atomic E-state index is 13.6. The molecule has 7 nitrogen and oxygen atoms in total. The van der Waals surface area contributed by atoms with Crippen LogP contribution in [0.3, 0.4) is 0 Å². The fourth-order valence-electron chi connectivity index (χ4n) is 4.63. The van der Waals surface area contributed by atoms with Crippen molar-refractivity contribution >= 4 is 45.8 Å². The summed E-state index contributed by atoms with van der Waals surface area (Å²) in [7, 11) is 0. The summed E-state index contributed by atoms with van der Waals surface area (Å²) in [5.41, 5.74) is 3.67. The molecule has 3 aromatic heterocycles. The number of likely N-dealkylation sites (tertiary alicyclic amines) is 1. The van der Waals surface area contributed by atoms with Crippen LogP contribution in [0.4, 0.5) is 9.57 Å². The van der Waals surface area contributed by atoms with Gasteiger partial charge in [0.25, 0.3) is 0 Å². The highest BCUT2D eigenvalue weighted by molar-refractivity contribution is 7.93. The molecular formula is C27H32FN5O2S. The number of hydrogen-bond donors (Lipinski definition) is 2. The summed E-state index contributed by atoms with van der Waals surface area (Å²) in [6.07, 6.45) is 8.50. The van der Waals surface area contributed by atoms with Crippen molar-refractivity contribution in [2.24, 2.45) is 0 Å². The van der Waals surface area contributed by atoms with E-state index in [-0.39, 0.29) is 18.0 Å². The summed E-state index contributed by atoms with van der Waals surface area (Å²) in [5.74, 6) is -1.17. The van der Waals surface area contributed by atoms with Crippen molar-refractivity contribution in [2.45, 2.75) is 39.5 Å². The molecule has 0 amide bonds. The summed E-state index contributed by atoms with van der Waals surface area (Å²) in [5, 5.41) is 14.6.